The van der Waals surface area contributed by atoms with Crippen molar-refractivity contribution in [3.63, 3.8) is 0 Å². The quantitative estimate of drug-likeness (QED) is 0.419. The highest BCUT2D eigenvalue weighted by Gasteiger charge is 2.31. The fourth-order valence-corrected chi connectivity index (χ4v) is 4.81. The number of carbonyl (C=O) groups is 2. The summed E-state index contributed by atoms with van der Waals surface area (Å²) < 4.78 is 11.9. The molecule has 0 radical (unpaired) electrons. The number of hydrogen-bond acceptors (Lipinski definition) is 6. The second kappa shape index (κ2) is 10.2. The fraction of sp³-hybridized carbons (Fsp3) is 0.346. The first-order chi connectivity index (χ1) is 17.4. The molecule has 3 N–H and O–H groups in total. The zero-order valence-electron chi connectivity index (χ0n) is 20.1. The molecule has 0 saturated carbocycles. The van der Waals surface area contributed by atoms with E-state index in [1.807, 2.05) is 38.1 Å². The summed E-state index contributed by atoms with van der Waals surface area (Å²) in [6, 6.07) is 7.49. The third kappa shape index (κ3) is 4.76. The van der Waals surface area contributed by atoms with Gasteiger partial charge in [-0.3, -0.25) is 14.6 Å². The van der Waals surface area contributed by atoms with Gasteiger partial charge in [-0.1, -0.05) is 17.7 Å². The Morgan fingerprint density at radius 3 is 3.06 bits per heavy atom. The Bertz CT molecular complexity index is 1290. The van der Waals surface area contributed by atoms with Gasteiger partial charge < -0.3 is 30.0 Å². The molecule has 1 fully saturated rings. The maximum absolute atomic E-state index is 13.1. The van der Waals surface area contributed by atoms with Crippen LogP contribution in [-0.4, -0.2) is 65.6 Å². The van der Waals surface area contributed by atoms with Gasteiger partial charge in [0.25, 0.3) is 5.91 Å². The van der Waals surface area contributed by atoms with E-state index >= 15 is 0 Å². The van der Waals surface area contributed by atoms with Crippen molar-refractivity contribution in [3.05, 3.63) is 58.5 Å². The van der Waals surface area contributed by atoms with Crippen LogP contribution in [0.4, 0.5) is 11.4 Å². The summed E-state index contributed by atoms with van der Waals surface area (Å²) in [5.74, 6) is 0.400. The van der Waals surface area contributed by atoms with Crippen LogP contribution in [0.3, 0.4) is 0 Å². The number of pyridine rings is 1. The van der Waals surface area contributed by atoms with Crippen molar-refractivity contribution < 1.29 is 19.1 Å². The van der Waals surface area contributed by atoms with Gasteiger partial charge in [-0.25, -0.2) is 0 Å². The minimum Gasteiger partial charge on any atom is -0.488 e. The van der Waals surface area contributed by atoms with Crippen LogP contribution >= 0.6 is 11.6 Å². The highest BCUT2D eigenvalue weighted by Crippen LogP contribution is 2.41. The van der Waals surface area contributed by atoms with E-state index in [1.165, 1.54) is 0 Å². The number of fused-ring (bicyclic) bond motifs is 1. The van der Waals surface area contributed by atoms with Gasteiger partial charge in [0, 0.05) is 47.2 Å². The number of aromatic amines is 1. The number of anilines is 2. The highest BCUT2D eigenvalue weighted by atomic mass is 35.5. The minimum atomic E-state index is -0.243. The first-order valence-corrected chi connectivity index (χ1v) is 12.3. The molecule has 0 bridgehead atoms. The van der Waals surface area contributed by atoms with E-state index in [4.69, 9.17) is 21.1 Å². The number of rotatable bonds is 7. The molecule has 10 heteroatoms. The topological polar surface area (TPSA) is 109 Å². The summed E-state index contributed by atoms with van der Waals surface area (Å²) in [5.41, 5.74) is 5.23. The van der Waals surface area contributed by atoms with E-state index in [1.54, 1.807) is 17.3 Å². The number of amides is 2. The van der Waals surface area contributed by atoms with Crippen molar-refractivity contribution in [2.24, 2.45) is 0 Å². The number of H-pyrrole nitrogens is 1. The van der Waals surface area contributed by atoms with Crippen LogP contribution in [0.1, 0.15) is 28.5 Å². The molecule has 1 unspecified atom stereocenters. The normalized spacial score (nSPS) is 19.4. The first-order valence-electron chi connectivity index (χ1n) is 11.9. The molecule has 9 nitrogen and oxygen atoms in total. The van der Waals surface area contributed by atoms with Crippen molar-refractivity contribution >= 4 is 35.3 Å². The third-order valence-corrected chi connectivity index (χ3v) is 6.93. The summed E-state index contributed by atoms with van der Waals surface area (Å²) in [4.78, 5) is 33.7. The lowest BCUT2D eigenvalue weighted by molar-refractivity contribution is -0.126. The van der Waals surface area contributed by atoms with Gasteiger partial charge in [-0.05, 0) is 37.6 Å². The Hall–Kier alpha value is -3.56. The zero-order chi connectivity index (χ0) is 25.2. The molecule has 2 atom stereocenters. The molecule has 0 aliphatic carbocycles. The molecule has 2 aromatic heterocycles. The van der Waals surface area contributed by atoms with Crippen LogP contribution in [0.2, 0.25) is 5.02 Å². The molecular weight excluding hydrogens is 482 g/mol. The lowest BCUT2D eigenvalue weighted by atomic mass is 10.0. The molecule has 36 heavy (non-hydrogen) atoms. The van der Waals surface area contributed by atoms with Gasteiger partial charge in [0.05, 0.1) is 36.3 Å². The predicted octanol–water partition coefficient (Wildman–Crippen LogP) is 3.69. The predicted molar refractivity (Wildman–Crippen MR) is 137 cm³/mol. The summed E-state index contributed by atoms with van der Waals surface area (Å²) in [6.45, 7) is 5.68. The molecule has 2 aliphatic heterocycles. The number of aromatic nitrogens is 2. The lowest BCUT2D eigenvalue weighted by Gasteiger charge is -2.30. The van der Waals surface area contributed by atoms with Crippen LogP contribution in [0.5, 0.6) is 5.75 Å². The Morgan fingerprint density at radius 1 is 1.36 bits per heavy atom. The monoisotopic (exact) mass is 509 g/mol. The van der Waals surface area contributed by atoms with Crippen molar-refractivity contribution in [2.75, 3.05) is 31.6 Å². The number of ether oxygens (including phenoxy) is 2. The van der Waals surface area contributed by atoms with Crippen molar-refractivity contribution in [1.29, 1.82) is 0 Å². The number of hydrogen-bond donors (Lipinski definition) is 3. The number of carbonyl (C=O) groups excluding carboxylic acids is 2. The number of halogens is 1. The van der Waals surface area contributed by atoms with Crippen molar-refractivity contribution in [3.8, 4) is 17.0 Å². The van der Waals surface area contributed by atoms with Crippen LogP contribution in [-0.2, 0) is 16.0 Å². The van der Waals surface area contributed by atoms with E-state index in [2.05, 4.69) is 20.6 Å². The molecule has 5 rings (SSSR count). The van der Waals surface area contributed by atoms with Gasteiger partial charge >= 0.3 is 0 Å². The number of nitrogens with zero attached hydrogens (tertiary/aromatic N) is 2. The molecule has 4 heterocycles. The zero-order valence-corrected chi connectivity index (χ0v) is 20.9. The van der Waals surface area contributed by atoms with Crippen LogP contribution < -0.4 is 15.4 Å². The fourth-order valence-electron chi connectivity index (χ4n) is 4.64. The largest absolute Gasteiger partial charge is 0.488 e. The smallest absolute Gasteiger partial charge is 0.255 e. The van der Waals surface area contributed by atoms with E-state index in [9.17, 15) is 9.59 Å². The number of nitrogens with one attached hydrogen (secondary N) is 3. The van der Waals surface area contributed by atoms with Crippen LogP contribution in [0.25, 0.3) is 11.3 Å². The molecule has 3 aromatic rings. The van der Waals surface area contributed by atoms with Crippen LogP contribution in [0.15, 0.2) is 36.7 Å². The van der Waals surface area contributed by atoms with E-state index in [-0.39, 0.29) is 24.7 Å². The molecule has 1 saturated heterocycles. The maximum Gasteiger partial charge on any atom is 0.255 e. The SMILES string of the molecule is Cc1c(Cl)cccc1Nc1c(-c2ccncc2OC[C@H]2CN(C=O)CCO2)[nH]c2c1C(=O)NC(C)C2. The van der Waals surface area contributed by atoms with Gasteiger partial charge in [-0.15, -0.1) is 0 Å². The second-order valence-corrected chi connectivity index (χ2v) is 9.53. The summed E-state index contributed by atoms with van der Waals surface area (Å²) in [5, 5.41) is 7.12. The van der Waals surface area contributed by atoms with Crippen LogP contribution in [0, 0.1) is 6.92 Å². The standard InChI is InChI=1S/C26H28ClN5O4/c1-15-10-21-23(26(34)29-15)25(30-20-5-3-4-19(27)16(20)2)24(31-21)18-6-7-28-11-22(18)36-13-17-12-32(14-33)8-9-35-17/h3-7,11,14-15,17,30-31H,8-10,12-13H2,1-2H3,(H,29,34)/t15?,17-/m1/s1. The van der Waals surface area contributed by atoms with Gasteiger partial charge in [0.1, 0.15) is 18.5 Å². The summed E-state index contributed by atoms with van der Waals surface area (Å²) in [7, 11) is 0. The van der Waals surface area contributed by atoms with Gasteiger partial charge in [-0.2, -0.15) is 0 Å². The molecule has 0 spiro atoms. The average Bonchev–Trinajstić information content (AvgIpc) is 3.23. The summed E-state index contributed by atoms with van der Waals surface area (Å²) in [6.07, 6.45) is 4.59. The van der Waals surface area contributed by atoms with Gasteiger partial charge in [0.2, 0.25) is 6.41 Å². The first kappa shape index (κ1) is 24.1. The molecule has 2 aliphatic rings. The van der Waals surface area contributed by atoms with E-state index < -0.39 is 0 Å². The second-order valence-electron chi connectivity index (χ2n) is 9.12. The van der Waals surface area contributed by atoms with Gasteiger partial charge in [0.15, 0.2) is 0 Å². The van der Waals surface area contributed by atoms with Crippen molar-refractivity contribution in [1.82, 2.24) is 20.2 Å². The summed E-state index contributed by atoms with van der Waals surface area (Å²) >= 11 is 6.37. The Labute approximate surface area is 214 Å². The molecule has 2 amide bonds. The lowest BCUT2D eigenvalue weighted by Crippen LogP contribution is -2.44. The average molecular weight is 510 g/mol. The van der Waals surface area contributed by atoms with E-state index in [0.717, 1.165) is 34.6 Å². The molecule has 188 valence electrons. The third-order valence-electron chi connectivity index (χ3n) is 6.52. The maximum atomic E-state index is 13.1. The Balaban J connectivity index is 1.52. The minimum absolute atomic E-state index is 0.00892. The molecule has 1 aromatic carbocycles. The number of benzene rings is 1. The number of morpholine rings is 1. The Morgan fingerprint density at radius 2 is 2.22 bits per heavy atom. The van der Waals surface area contributed by atoms with Crippen molar-refractivity contribution in [2.45, 2.75) is 32.4 Å². The highest BCUT2D eigenvalue weighted by molar-refractivity contribution is 6.31. The Kier molecular flexibility index (Phi) is 6.84. The van der Waals surface area contributed by atoms with E-state index in [0.29, 0.717) is 48.1 Å². The molecular formula is C26H28ClN5O4.